The van der Waals surface area contributed by atoms with Gasteiger partial charge in [-0.25, -0.2) is 4.39 Å². The summed E-state index contributed by atoms with van der Waals surface area (Å²) < 4.78 is 13.2. The number of aryl methyl sites for hydroxylation is 2. The number of carbonyl (C=O) groups excluding carboxylic acids is 1. The van der Waals surface area contributed by atoms with Gasteiger partial charge in [0.2, 0.25) is 0 Å². The summed E-state index contributed by atoms with van der Waals surface area (Å²) in [6.45, 7) is 3.11. The molecule has 2 nitrogen and oxygen atoms in total. The van der Waals surface area contributed by atoms with Gasteiger partial charge >= 0.3 is 0 Å². The summed E-state index contributed by atoms with van der Waals surface area (Å²) in [6, 6.07) is 28.3. The Labute approximate surface area is 200 Å². The van der Waals surface area contributed by atoms with Crippen LogP contribution < -0.4 is 0 Å². The molecule has 0 aliphatic carbocycles. The Morgan fingerprint density at radius 2 is 1.21 bits per heavy atom. The fourth-order valence-electron chi connectivity index (χ4n) is 4.23. The zero-order valence-electron chi connectivity index (χ0n) is 19.6. The van der Waals surface area contributed by atoms with E-state index in [2.05, 4.69) is 55.5 Å². The van der Waals surface area contributed by atoms with Crippen LogP contribution in [-0.4, -0.2) is 10.9 Å². The minimum absolute atomic E-state index is 0.148. The van der Waals surface area contributed by atoms with Crippen molar-refractivity contribution in [3.8, 4) is 28.0 Å². The summed E-state index contributed by atoms with van der Waals surface area (Å²) in [4.78, 5) is 12.7. The van der Waals surface area contributed by atoms with E-state index in [1.807, 2.05) is 24.3 Å². The maximum Gasteiger partial charge on any atom is 0.170 e. The van der Waals surface area contributed by atoms with E-state index in [1.54, 1.807) is 19.1 Å². The summed E-state index contributed by atoms with van der Waals surface area (Å²) in [6.07, 6.45) is 2.40. The molecule has 4 aromatic rings. The van der Waals surface area contributed by atoms with Crippen molar-refractivity contribution >= 4 is 5.78 Å². The normalized spacial score (nSPS) is 10.9. The number of phenolic OH excluding ortho intramolecular Hbond substituents is 1. The number of alkyl halides is 1. The average molecular weight is 453 g/mol. The highest BCUT2D eigenvalue weighted by atomic mass is 19.1. The number of Topliss-reactive ketones (excluding diaryl/α,β-unsaturated/α-hetero) is 1. The topological polar surface area (TPSA) is 37.3 Å². The van der Waals surface area contributed by atoms with Crippen molar-refractivity contribution in [1.82, 2.24) is 0 Å². The molecule has 0 aliphatic rings. The van der Waals surface area contributed by atoms with Gasteiger partial charge in [0.1, 0.15) is 12.4 Å². The number of hydrogen-bond donors (Lipinski definition) is 1. The number of ketones is 1. The van der Waals surface area contributed by atoms with Gasteiger partial charge in [-0.1, -0.05) is 92.2 Å². The number of rotatable bonds is 8. The average Bonchev–Trinajstić information content (AvgIpc) is 2.86. The molecule has 0 atom stereocenters. The Morgan fingerprint density at radius 1 is 0.735 bits per heavy atom. The molecule has 0 fully saturated rings. The molecule has 0 radical (unpaired) electrons. The van der Waals surface area contributed by atoms with Crippen molar-refractivity contribution in [3.63, 3.8) is 0 Å². The van der Waals surface area contributed by atoms with E-state index in [0.29, 0.717) is 5.56 Å². The van der Waals surface area contributed by atoms with Crippen LogP contribution in [0.15, 0.2) is 84.9 Å². The molecule has 172 valence electrons. The standard InChI is InChI=1S/C31H29FO2/c1-3-4-22-6-10-24(11-7-22)26-14-16-27(17-15-26)25-12-8-23(9-13-25)19-30(33)28-18-5-21(2)29(20-32)31(28)34/h5-18,34H,3-4,19-20H2,1-2H3. The minimum atomic E-state index is -0.795. The van der Waals surface area contributed by atoms with E-state index in [-0.39, 0.29) is 29.1 Å². The van der Waals surface area contributed by atoms with Crippen LogP contribution in [0.2, 0.25) is 0 Å². The highest BCUT2D eigenvalue weighted by molar-refractivity contribution is 6.00. The van der Waals surface area contributed by atoms with Gasteiger partial charge in [-0.3, -0.25) is 4.79 Å². The van der Waals surface area contributed by atoms with Crippen LogP contribution in [0.3, 0.4) is 0 Å². The highest BCUT2D eigenvalue weighted by Gasteiger charge is 2.16. The van der Waals surface area contributed by atoms with Gasteiger partial charge in [0.25, 0.3) is 0 Å². The summed E-state index contributed by atoms with van der Waals surface area (Å²) in [5.74, 6) is -0.474. The first-order valence-electron chi connectivity index (χ1n) is 11.7. The maximum atomic E-state index is 13.2. The van der Waals surface area contributed by atoms with Gasteiger partial charge in [-0.2, -0.15) is 0 Å². The van der Waals surface area contributed by atoms with Crippen LogP contribution in [0.25, 0.3) is 22.3 Å². The van der Waals surface area contributed by atoms with Crippen LogP contribution in [0.4, 0.5) is 4.39 Å². The first-order chi connectivity index (χ1) is 16.5. The number of phenols is 1. The number of benzene rings is 4. The number of aromatic hydroxyl groups is 1. The van der Waals surface area contributed by atoms with Gasteiger partial charge < -0.3 is 5.11 Å². The molecular formula is C31H29FO2. The molecule has 1 N–H and O–H groups in total. The molecule has 0 saturated carbocycles. The molecule has 0 unspecified atom stereocenters. The Kier molecular flexibility index (Phi) is 7.22. The molecule has 0 aromatic heterocycles. The third-order valence-corrected chi connectivity index (χ3v) is 6.31. The van der Waals surface area contributed by atoms with Crippen LogP contribution in [0, 0.1) is 6.92 Å². The quantitative estimate of drug-likeness (QED) is 0.276. The lowest BCUT2D eigenvalue weighted by Crippen LogP contribution is -2.05. The van der Waals surface area contributed by atoms with Crippen molar-refractivity contribution in [1.29, 1.82) is 0 Å². The molecule has 0 heterocycles. The molecule has 4 rings (SSSR count). The van der Waals surface area contributed by atoms with E-state index in [0.717, 1.165) is 29.5 Å². The van der Waals surface area contributed by atoms with Crippen molar-refractivity contribution in [2.75, 3.05) is 0 Å². The summed E-state index contributed by atoms with van der Waals surface area (Å²) in [5.41, 5.74) is 7.76. The first kappa shape index (κ1) is 23.4. The van der Waals surface area contributed by atoms with Gasteiger partial charge in [-0.15, -0.1) is 0 Å². The summed E-state index contributed by atoms with van der Waals surface area (Å²) in [7, 11) is 0. The zero-order valence-corrected chi connectivity index (χ0v) is 19.6. The van der Waals surface area contributed by atoms with Crippen molar-refractivity contribution in [2.45, 2.75) is 39.8 Å². The Morgan fingerprint density at radius 3 is 1.68 bits per heavy atom. The molecule has 4 aromatic carbocycles. The second kappa shape index (κ2) is 10.5. The second-order valence-corrected chi connectivity index (χ2v) is 8.71. The lowest BCUT2D eigenvalue weighted by atomic mass is 9.96. The Hall–Kier alpha value is -3.72. The van der Waals surface area contributed by atoms with Crippen molar-refractivity contribution in [2.24, 2.45) is 0 Å². The zero-order chi connectivity index (χ0) is 24.1. The Balaban J connectivity index is 1.46. The monoisotopic (exact) mass is 452 g/mol. The van der Waals surface area contributed by atoms with E-state index in [1.165, 1.54) is 16.7 Å². The largest absolute Gasteiger partial charge is 0.507 e. The molecular weight excluding hydrogens is 423 g/mol. The van der Waals surface area contributed by atoms with Gasteiger partial charge in [-0.05, 0) is 58.4 Å². The molecule has 0 saturated heterocycles. The lowest BCUT2D eigenvalue weighted by Gasteiger charge is -2.10. The summed E-state index contributed by atoms with van der Waals surface area (Å²) >= 11 is 0. The third kappa shape index (κ3) is 5.09. The van der Waals surface area contributed by atoms with E-state index < -0.39 is 6.67 Å². The van der Waals surface area contributed by atoms with E-state index >= 15 is 0 Å². The predicted molar refractivity (Wildman–Crippen MR) is 137 cm³/mol. The number of hydrogen-bond acceptors (Lipinski definition) is 2. The number of carbonyl (C=O) groups is 1. The van der Waals surface area contributed by atoms with Gasteiger partial charge in [0.05, 0.1) is 5.56 Å². The minimum Gasteiger partial charge on any atom is -0.507 e. The smallest absolute Gasteiger partial charge is 0.170 e. The molecule has 0 amide bonds. The molecule has 0 spiro atoms. The number of halogens is 1. The van der Waals surface area contributed by atoms with Gasteiger partial charge in [0.15, 0.2) is 5.78 Å². The van der Waals surface area contributed by atoms with Gasteiger partial charge in [0, 0.05) is 12.0 Å². The van der Waals surface area contributed by atoms with E-state index in [4.69, 9.17) is 0 Å². The summed E-state index contributed by atoms with van der Waals surface area (Å²) in [5, 5.41) is 10.3. The molecule has 0 aliphatic heterocycles. The SMILES string of the molecule is CCCc1ccc(-c2ccc(-c3ccc(CC(=O)c4ccc(C)c(CF)c4O)cc3)cc2)cc1. The maximum absolute atomic E-state index is 13.2. The first-order valence-corrected chi connectivity index (χ1v) is 11.7. The predicted octanol–water partition coefficient (Wildman–Crippen LogP) is 7.88. The lowest BCUT2D eigenvalue weighted by molar-refractivity contribution is 0.0990. The second-order valence-electron chi connectivity index (χ2n) is 8.71. The van der Waals surface area contributed by atoms with Crippen molar-refractivity contribution in [3.05, 3.63) is 113 Å². The fraction of sp³-hybridized carbons (Fsp3) is 0.194. The Bertz CT molecular complexity index is 1270. The van der Waals surface area contributed by atoms with Crippen LogP contribution >= 0.6 is 0 Å². The molecule has 3 heteroatoms. The fourth-order valence-corrected chi connectivity index (χ4v) is 4.23. The van der Waals surface area contributed by atoms with Crippen LogP contribution in [-0.2, 0) is 19.5 Å². The molecule has 34 heavy (non-hydrogen) atoms. The van der Waals surface area contributed by atoms with E-state index in [9.17, 15) is 14.3 Å². The van der Waals surface area contributed by atoms with Crippen molar-refractivity contribution < 1.29 is 14.3 Å². The van der Waals surface area contributed by atoms with Crippen LogP contribution in [0.5, 0.6) is 5.75 Å². The molecule has 0 bridgehead atoms. The highest BCUT2D eigenvalue weighted by Crippen LogP contribution is 2.29. The third-order valence-electron chi connectivity index (χ3n) is 6.31. The van der Waals surface area contributed by atoms with Crippen LogP contribution in [0.1, 0.15) is 46.0 Å².